The molecule has 4 rings (SSSR count). The number of likely N-dealkylation sites (tertiary alicyclic amines) is 1. The molecule has 2 aliphatic heterocycles. The van der Waals surface area contributed by atoms with Crippen molar-refractivity contribution < 1.29 is 9.53 Å². The van der Waals surface area contributed by atoms with E-state index in [-0.39, 0.29) is 6.03 Å². The molecule has 1 saturated carbocycles. The van der Waals surface area contributed by atoms with Crippen LogP contribution >= 0.6 is 0 Å². The number of nitrogens with zero attached hydrogens (tertiary/aromatic N) is 1. The molecule has 5 nitrogen and oxygen atoms in total. The fraction of sp³-hybridized carbons (Fsp3) is 0.650. The first kappa shape index (κ1) is 16.9. The van der Waals surface area contributed by atoms with Gasteiger partial charge >= 0.3 is 6.03 Å². The Hall–Kier alpha value is -1.59. The van der Waals surface area contributed by atoms with Gasteiger partial charge in [0.1, 0.15) is 0 Å². The highest BCUT2D eigenvalue weighted by molar-refractivity contribution is 5.75. The molecule has 136 valence electrons. The minimum atomic E-state index is 0.00562. The average molecular weight is 343 g/mol. The lowest BCUT2D eigenvalue weighted by molar-refractivity contribution is 0.148. The maximum absolute atomic E-state index is 12.2. The van der Waals surface area contributed by atoms with Crippen molar-refractivity contribution in [3.8, 4) is 0 Å². The van der Waals surface area contributed by atoms with Crippen LogP contribution in [0.15, 0.2) is 30.3 Å². The SMILES string of the molecule is O=C(NC1CCN(C[C@@H]2CCOC2)CC1)N[C@H]1C[C@H]1c1ccccc1. The van der Waals surface area contributed by atoms with Crippen LogP contribution in [-0.4, -0.2) is 55.9 Å². The number of urea groups is 1. The van der Waals surface area contributed by atoms with Crippen molar-refractivity contribution in [2.45, 2.75) is 43.7 Å². The van der Waals surface area contributed by atoms with Gasteiger partial charge in [0, 0.05) is 44.2 Å². The first-order valence-electron chi connectivity index (χ1n) is 9.70. The number of piperidine rings is 1. The molecule has 0 bridgehead atoms. The summed E-state index contributed by atoms with van der Waals surface area (Å²) in [6.45, 7) is 5.16. The molecule has 0 radical (unpaired) electrons. The van der Waals surface area contributed by atoms with Gasteiger partial charge in [0.05, 0.1) is 6.61 Å². The summed E-state index contributed by atoms with van der Waals surface area (Å²) in [4.78, 5) is 14.8. The Labute approximate surface area is 150 Å². The van der Waals surface area contributed by atoms with E-state index < -0.39 is 0 Å². The molecule has 5 heteroatoms. The van der Waals surface area contributed by atoms with Crippen LogP contribution in [0.25, 0.3) is 0 Å². The Morgan fingerprint density at radius 3 is 2.64 bits per heavy atom. The van der Waals surface area contributed by atoms with Gasteiger partial charge in [-0.25, -0.2) is 4.79 Å². The van der Waals surface area contributed by atoms with Crippen LogP contribution in [-0.2, 0) is 4.74 Å². The van der Waals surface area contributed by atoms with Gasteiger partial charge in [0.15, 0.2) is 0 Å². The summed E-state index contributed by atoms with van der Waals surface area (Å²) in [6, 6.07) is 11.1. The number of ether oxygens (including phenoxy) is 1. The third-order valence-electron chi connectivity index (χ3n) is 5.80. The summed E-state index contributed by atoms with van der Waals surface area (Å²) in [6.07, 6.45) is 4.35. The lowest BCUT2D eigenvalue weighted by Crippen LogP contribution is -2.49. The third-order valence-corrected chi connectivity index (χ3v) is 5.80. The highest BCUT2D eigenvalue weighted by Gasteiger charge is 2.39. The van der Waals surface area contributed by atoms with E-state index in [1.165, 1.54) is 12.0 Å². The van der Waals surface area contributed by atoms with Crippen LogP contribution in [0.4, 0.5) is 4.79 Å². The summed E-state index contributed by atoms with van der Waals surface area (Å²) in [5.41, 5.74) is 1.33. The largest absolute Gasteiger partial charge is 0.381 e. The number of benzene rings is 1. The molecule has 1 aromatic rings. The number of rotatable bonds is 5. The molecule has 2 N–H and O–H groups in total. The van der Waals surface area contributed by atoms with Gasteiger partial charge in [-0.3, -0.25) is 0 Å². The molecule has 3 aliphatic rings. The van der Waals surface area contributed by atoms with E-state index in [1.807, 2.05) is 6.07 Å². The van der Waals surface area contributed by atoms with E-state index in [0.29, 0.717) is 23.9 Å². The van der Waals surface area contributed by atoms with Crippen LogP contribution in [0, 0.1) is 5.92 Å². The van der Waals surface area contributed by atoms with Crippen molar-refractivity contribution in [2.24, 2.45) is 5.92 Å². The zero-order valence-electron chi connectivity index (χ0n) is 14.8. The minimum absolute atomic E-state index is 0.00562. The Balaban J connectivity index is 1.15. The van der Waals surface area contributed by atoms with E-state index >= 15 is 0 Å². The quantitative estimate of drug-likeness (QED) is 0.863. The van der Waals surface area contributed by atoms with Crippen LogP contribution in [0.1, 0.15) is 37.2 Å². The van der Waals surface area contributed by atoms with Gasteiger partial charge in [-0.2, -0.15) is 0 Å². The number of amides is 2. The second-order valence-electron chi connectivity index (χ2n) is 7.78. The van der Waals surface area contributed by atoms with Crippen molar-refractivity contribution in [1.29, 1.82) is 0 Å². The highest BCUT2D eigenvalue weighted by Crippen LogP contribution is 2.40. The summed E-state index contributed by atoms with van der Waals surface area (Å²) in [5.74, 6) is 1.19. The van der Waals surface area contributed by atoms with Crippen molar-refractivity contribution in [2.75, 3.05) is 32.8 Å². The first-order chi connectivity index (χ1) is 12.3. The van der Waals surface area contributed by atoms with Gasteiger partial charge in [0.25, 0.3) is 0 Å². The van der Waals surface area contributed by atoms with Crippen molar-refractivity contribution in [3.05, 3.63) is 35.9 Å². The standard InChI is InChI=1S/C20H29N3O2/c24-20(22-19-12-18(19)16-4-2-1-3-5-16)21-17-6-9-23(10-7-17)13-15-8-11-25-14-15/h1-5,15,17-19H,6-14H2,(H2,21,22,24)/t15-,18-,19-/m0/s1. The number of hydrogen-bond donors (Lipinski definition) is 2. The lowest BCUT2D eigenvalue weighted by Gasteiger charge is -2.33. The van der Waals surface area contributed by atoms with Gasteiger partial charge in [-0.15, -0.1) is 0 Å². The molecule has 25 heavy (non-hydrogen) atoms. The smallest absolute Gasteiger partial charge is 0.315 e. The molecular weight excluding hydrogens is 314 g/mol. The maximum Gasteiger partial charge on any atom is 0.315 e. The summed E-state index contributed by atoms with van der Waals surface area (Å²) < 4.78 is 5.46. The fourth-order valence-corrected chi connectivity index (χ4v) is 4.17. The molecule has 2 amide bonds. The number of carbonyl (C=O) groups excluding carboxylic acids is 1. The second-order valence-corrected chi connectivity index (χ2v) is 7.78. The topological polar surface area (TPSA) is 53.6 Å². The van der Waals surface area contributed by atoms with E-state index in [4.69, 9.17) is 4.74 Å². The normalized spacial score (nSPS) is 30.2. The van der Waals surface area contributed by atoms with Crippen LogP contribution in [0.2, 0.25) is 0 Å². The molecule has 2 saturated heterocycles. The number of nitrogens with one attached hydrogen (secondary N) is 2. The lowest BCUT2D eigenvalue weighted by atomic mass is 10.0. The monoisotopic (exact) mass is 343 g/mol. The van der Waals surface area contributed by atoms with E-state index in [0.717, 1.165) is 52.1 Å². The molecule has 0 unspecified atom stereocenters. The summed E-state index contributed by atoms with van der Waals surface area (Å²) >= 11 is 0. The Bertz CT molecular complexity index is 566. The van der Waals surface area contributed by atoms with Gasteiger partial charge in [-0.05, 0) is 37.2 Å². The van der Waals surface area contributed by atoms with E-state index in [9.17, 15) is 4.79 Å². The van der Waals surface area contributed by atoms with Crippen LogP contribution in [0.5, 0.6) is 0 Å². The van der Waals surface area contributed by atoms with Crippen molar-refractivity contribution in [1.82, 2.24) is 15.5 Å². The van der Waals surface area contributed by atoms with Crippen molar-refractivity contribution in [3.63, 3.8) is 0 Å². The summed E-state index contributed by atoms with van der Waals surface area (Å²) in [7, 11) is 0. The predicted octanol–water partition coefficient (Wildman–Crippen LogP) is 2.34. The summed E-state index contributed by atoms with van der Waals surface area (Å²) in [5, 5.41) is 6.31. The van der Waals surface area contributed by atoms with Crippen LogP contribution < -0.4 is 10.6 Å². The fourth-order valence-electron chi connectivity index (χ4n) is 4.17. The number of hydrogen-bond acceptors (Lipinski definition) is 3. The van der Waals surface area contributed by atoms with Gasteiger partial charge < -0.3 is 20.3 Å². The second kappa shape index (κ2) is 7.75. The number of carbonyl (C=O) groups is 1. The molecule has 0 aromatic heterocycles. The molecule has 3 atom stereocenters. The van der Waals surface area contributed by atoms with E-state index in [1.54, 1.807) is 0 Å². The maximum atomic E-state index is 12.2. The zero-order chi connectivity index (χ0) is 17.1. The minimum Gasteiger partial charge on any atom is -0.381 e. The Kier molecular flexibility index (Phi) is 5.22. The van der Waals surface area contributed by atoms with E-state index in [2.05, 4.69) is 39.8 Å². The highest BCUT2D eigenvalue weighted by atomic mass is 16.5. The molecule has 2 heterocycles. The first-order valence-corrected chi connectivity index (χ1v) is 9.70. The van der Waals surface area contributed by atoms with Gasteiger partial charge in [0.2, 0.25) is 0 Å². The van der Waals surface area contributed by atoms with Crippen molar-refractivity contribution >= 4 is 6.03 Å². The molecule has 0 spiro atoms. The molecule has 1 aliphatic carbocycles. The van der Waals surface area contributed by atoms with Crippen LogP contribution in [0.3, 0.4) is 0 Å². The molecular formula is C20H29N3O2. The predicted molar refractivity (Wildman–Crippen MR) is 97.6 cm³/mol. The zero-order valence-corrected chi connectivity index (χ0v) is 14.8. The van der Waals surface area contributed by atoms with Gasteiger partial charge in [-0.1, -0.05) is 30.3 Å². The molecule has 3 fully saturated rings. The molecule has 1 aromatic carbocycles. The Morgan fingerprint density at radius 2 is 1.92 bits per heavy atom. The third kappa shape index (κ3) is 4.53. The Morgan fingerprint density at radius 1 is 1.12 bits per heavy atom. The average Bonchev–Trinajstić information content (AvgIpc) is 3.20.